The van der Waals surface area contributed by atoms with E-state index in [1.165, 1.54) is 11.3 Å². The molecule has 2 rings (SSSR count). The molecule has 0 atom stereocenters. The molecule has 0 bridgehead atoms. The second-order valence-electron chi connectivity index (χ2n) is 5.69. The van der Waals surface area contributed by atoms with E-state index in [9.17, 15) is 13.2 Å². The van der Waals surface area contributed by atoms with E-state index in [1.54, 1.807) is 6.20 Å². The Morgan fingerprint density at radius 2 is 2.05 bits per heavy atom. The van der Waals surface area contributed by atoms with Gasteiger partial charge in [-0.1, -0.05) is 13.8 Å². The van der Waals surface area contributed by atoms with Crippen molar-refractivity contribution in [2.45, 2.75) is 37.4 Å². The molecule has 8 heteroatoms. The Morgan fingerprint density at radius 1 is 1.43 bits per heavy atom. The number of amides is 1. The Bertz CT molecular complexity index is 616. The second-order valence-corrected chi connectivity index (χ2v) is 9.08. The normalized spacial score (nSPS) is 18.7. The van der Waals surface area contributed by atoms with Crippen LogP contribution in [0.5, 0.6) is 0 Å². The van der Waals surface area contributed by atoms with Crippen molar-refractivity contribution in [1.82, 2.24) is 10.3 Å². The molecule has 21 heavy (non-hydrogen) atoms. The van der Waals surface area contributed by atoms with Crippen LogP contribution in [0.4, 0.5) is 5.13 Å². The van der Waals surface area contributed by atoms with Gasteiger partial charge in [0.25, 0.3) is 0 Å². The fourth-order valence-corrected chi connectivity index (χ4v) is 4.57. The standard InChI is InChI=1S/C13H21N3O3S2/c1-9(2)10-8-15-12(20-10)16-11(17)13(21(3,18)19)4-6-14-7-5-13/h8-9,14H,4-7H2,1-3H3,(H,15,16,17). The van der Waals surface area contributed by atoms with E-state index < -0.39 is 20.5 Å². The predicted octanol–water partition coefficient (Wildman–Crippen LogP) is 1.37. The van der Waals surface area contributed by atoms with E-state index >= 15 is 0 Å². The van der Waals surface area contributed by atoms with Crippen molar-refractivity contribution >= 4 is 32.2 Å². The third-order valence-electron chi connectivity index (χ3n) is 3.85. The highest BCUT2D eigenvalue weighted by atomic mass is 32.2. The van der Waals surface area contributed by atoms with Crippen molar-refractivity contribution in [3.8, 4) is 0 Å². The highest BCUT2D eigenvalue weighted by molar-refractivity contribution is 7.92. The quantitative estimate of drug-likeness (QED) is 0.870. The Morgan fingerprint density at radius 3 is 2.52 bits per heavy atom. The molecule has 6 nitrogen and oxygen atoms in total. The number of rotatable bonds is 4. The molecule has 0 unspecified atom stereocenters. The van der Waals surface area contributed by atoms with E-state index in [2.05, 4.69) is 15.6 Å². The minimum Gasteiger partial charge on any atom is -0.317 e. The van der Waals surface area contributed by atoms with Crippen LogP contribution >= 0.6 is 11.3 Å². The van der Waals surface area contributed by atoms with Crippen LogP contribution in [0.3, 0.4) is 0 Å². The lowest BCUT2D eigenvalue weighted by Gasteiger charge is -2.33. The smallest absolute Gasteiger partial charge is 0.247 e. The number of hydrogen-bond donors (Lipinski definition) is 2. The number of aromatic nitrogens is 1. The Kier molecular flexibility index (Phi) is 4.69. The van der Waals surface area contributed by atoms with Crippen molar-refractivity contribution in [3.05, 3.63) is 11.1 Å². The summed E-state index contributed by atoms with van der Waals surface area (Å²) in [5, 5.41) is 6.25. The number of nitrogens with one attached hydrogen (secondary N) is 2. The third-order valence-corrected chi connectivity index (χ3v) is 7.07. The lowest BCUT2D eigenvalue weighted by Crippen LogP contribution is -2.55. The van der Waals surface area contributed by atoms with Crippen molar-refractivity contribution < 1.29 is 13.2 Å². The van der Waals surface area contributed by atoms with E-state index in [0.29, 0.717) is 37.0 Å². The number of carbonyl (C=O) groups is 1. The molecule has 1 aromatic heterocycles. The third kappa shape index (κ3) is 3.27. The maximum atomic E-state index is 12.6. The number of carbonyl (C=O) groups excluding carboxylic acids is 1. The minimum absolute atomic E-state index is 0.292. The summed E-state index contributed by atoms with van der Waals surface area (Å²) >= 11 is 1.39. The van der Waals surface area contributed by atoms with Crippen molar-refractivity contribution in [2.24, 2.45) is 0 Å². The number of nitrogens with zero attached hydrogens (tertiary/aromatic N) is 1. The molecule has 1 aliphatic heterocycles. The van der Waals surface area contributed by atoms with Crippen LogP contribution in [-0.2, 0) is 14.6 Å². The maximum absolute atomic E-state index is 12.6. The predicted molar refractivity (Wildman–Crippen MR) is 84.5 cm³/mol. The lowest BCUT2D eigenvalue weighted by molar-refractivity contribution is -0.119. The van der Waals surface area contributed by atoms with Crippen LogP contribution in [0.1, 0.15) is 37.5 Å². The van der Waals surface area contributed by atoms with Gasteiger partial charge in [0.2, 0.25) is 5.91 Å². The van der Waals surface area contributed by atoms with Gasteiger partial charge in [-0.3, -0.25) is 4.79 Å². The number of anilines is 1. The van der Waals surface area contributed by atoms with Gasteiger partial charge in [0, 0.05) is 17.3 Å². The van der Waals surface area contributed by atoms with Gasteiger partial charge < -0.3 is 10.6 Å². The Hall–Kier alpha value is -0.990. The van der Waals surface area contributed by atoms with Crippen molar-refractivity contribution in [2.75, 3.05) is 24.7 Å². The van der Waals surface area contributed by atoms with Crippen LogP contribution in [0.2, 0.25) is 0 Å². The summed E-state index contributed by atoms with van der Waals surface area (Å²) in [6, 6.07) is 0. The zero-order valence-corrected chi connectivity index (χ0v) is 14.1. The first kappa shape index (κ1) is 16.4. The SMILES string of the molecule is CC(C)c1cnc(NC(=O)C2(S(C)(=O)=O)CCNCC2)s1. The summed E-state index contributed by atoms with van der Waals surface area (Å²) in [6.07, 6.45) is 3.44. The van der Waals surface area contributed by atoms with Gasteiger partial charge in [0.1, 0.15) is 0 Å². The molecular formula is C13H21N3O3S2. The molecule has 0 aliphatic carbocycles. The summed E-state index contributed by atoms with van der Waals surface area (Å²) in [7, 11) is -3.49. The molecular weight excluding hydrogens is 310 g/mol. The Balaban J connectivity index is 2.23. The molecule has 0 radical (unpaired) electrons. The molecule has 118 valence electrons. The monoisotopic (exact) mass is 331 g/mol. The molecule has 0 spiro atoms. The number of sulfone groups is 1. The molecule has 1 fully saturated rings. The number of piperidine rings is 1. The average Bonchev–Trinajstić information content (AvgIpc) is 2.87. The summed E-state index contributed by atoms with van der Waals surface area (Å²) in [5.74, 6) is -0.132. The van der Waals surface area contributed by atoms with Crippen molar-refractivity contribution in [3.63, 3.8) is 0 Å². The van der Waals surface area contributed by atoms with Crippen LogP contribution in [0.15, 0.2) is 6.20 Å². The zero-order valence-electron chi connectivity index (χ0n) is 12.5. The van der Waals surface area contributed by atoms with E-state index in [0.717, 1.165) is 11.1 Å². The van der Waals surface area contributed by atoms with Crippen LogP contribution < -0.4 is 10.6 Å². The Labute approximate surface area is 129 Å². The van der Waals surface area contributed by atoms with Crippen molar-refractivity contribution in [1.29, 1.82) is 0 Å². The van der Waals surface area contributed by atoms with E-state index in [4.69, 9.17) is 0 Å². The highest BCUT2D eigenvalue weighted by Gasteiger charge is 2.48. The number of thiazole rings is 1. The maximum Gasteiger partial charge on any atom is 0.247 e. The summed E-state index contributed by atoms with van der Waals surface area (Å²) < 4.78 is 23.0. The fourth-order valence-electron chi connectivity index (χ4n) is 2.42. The molecule has 1 aromatic rings. The zero-order chi connectivity index (χ0) is 15.7. The molecule has 1 aliphatic rings. The number of hydrogen-bond acceptors (Lipinski definition) is 6. The average molecular weight is 331 g/mol. The first-order valence-corrected chi connectivity index (χ1v) is 9.64. The summed E-state index contributed by atoms with van der Waals surface area (Å²) in [6.45, 7) is 5.14. The van der Waals surface area contributed by atoms with Gasteiger partial charge in [-0.05, 0) is 31.8 Å². The van der Waals surface area contributed by atoms with Crippen LogP contribution in [-0.4, -0.2) is 43.4 Å². The lowest BCUT2D eigenvalue weighted by atomic mass is 9.96. The second kappa shape index (κ2) is 6.02. The van der Waals surface area contributed by atoms with Gasteiger partial charge in [0.05, 0.1) is 0 Å². The summed E-state index contributed by atoms with van der Waals surface area (Å²) in [5.41, 5.74) is 0. The molecule has 2 N–H and O–H groups in total. The van der Waals surface area contributed by atoms with E-state index in [1.807, 2.05) is 13.8 Å². The minimum atomic E-state index is -3.49. The first-order valence-electron chi connectivity index (χ1n) is 6.94. The molecule has 0 saturated carbocycles. The van der Waals surface area contributed by atoms with Gasteiger partial charge in [0.15, 0.2) is 19.7 Å². The molecule has 1 saturated heterocycles. The fraction of sp³-hybridized carbons (Fsp3) is 0.692. The van der Waals surface area contributed by atoms with Gasteiger partial charge in [-0.2, -0.15) is 0 Å². The largest absolute Gasteiger partial charge is 0.317 e. The van der Waals surface area contributed by atoms with Gasteiger partial charge in [-0.25, -0.2) is 13.4 Å². The van der Waals surface area contributed by atoms with Crippen LogP contribution in [0, 0.1) is 0 Å². The topological polar surface area (TPSA) is 88.2 Å². The highest BCUT2D eigenvalue weighted by Crippen LogP contribution is 2.31. The molecule has 0 aromatic carbocycles. The van der Waals surface area contributed by atoms with E-state index in [-0.39, 0.29) is 0 Å². The summed E-state index contributed by atoms with van der Waals surface area (Å²) in [4.78, 5) is 17.8. The first-order chi connectivity index (χ1) is 9.76. The van der Waals surface area contributed by atoms with Gasteiger partial charge in [-0.15, -0.1) is 11.3 Å². The van der Waals surface area contributed by atoms with Crippen LogP contribution in [0.25, 0.3) is 0 Å². The molecule has 2 heterocycles. The molecule has 1 amide bonds. The van der Waals surface area contributed by atoms with Gasteiger partial charge >= 0.3 is 0 Å².